The lowest BCUT2D eigenvalue weighted by atomic mass is 10.1. The van der Waals surface area contributed by atoms with Crippen LogP contribution >= 0.6 is 0 Å². The van der Waals surface area contributed by atoms with E-state index in [0.717, 1.165) is 35.5 Å². The summed E-state index contributed by atoms with van der Waals surface area (Å²) in [7, 11) is 3.16. The standard InChI is InChI=1S/C23H29N3O3/c1-7-10-26-15(2)11-18(17(26)4)12-19(14-24)23(27)25-16(3)21-13-20(28-5)8-9-22(21)29-6/h8-9,11-13,16H,7,10H2,1-6H3,(H,25,27)/b19-12+. The number of methoxy groups -OCH3 is 2. The van der Waals surface area contributed by atoms with Gasteiger partial charge >= 0.3 is 0 Å². The predicted octanol–water partition coefficient (Wildman–Crippen LogP) is 4.32. The lowest BCUT2D eigenvalue weighted by molar-refractivity contribution is -0.117. The second kappa shape index (κ2) is 9.83. The summed E-state index contributed by atoms with van der Waals surface area (Å²) in [6, 6.07) is 9.07. The molecule has 0 aliphatic rings. The number of carbonyl (C=O) groups is 1. The van der Waals surface area contributed by atoms with Gasteiger partial charge in [0, 0.05) is 23.5 Å². The van der Waals surface area contributed by atoms with Crippen molar-refractivity contribution in [2.75, 3.05) is 14.2 Å². The zero-order valence-electron chi connectivity index (χ0n) is 18.0. The molecule has 0 aliphatic heterocycles. The Labute approximate surface area is 172 Å². The Morgan fingerprint density at radius 3 is 2.59 bits per heavy atom. The van der Waals surface area contributed by atoms with Crippen molar-refractivity contribution in [2.24, 2.45) is 0 Å². The number of nitrogens with zero attached hydrogens (tertiary/aromatic N) is 2. The van der Waals surface area contributed by atoms with E-state index >= 15 is 0 Å². The third-order valence-corrected chi connectivity index (χ3v) is 4.98. The number of amides is 1. The fraction of sp³-hybridized carbons (Fsp3) is 0.391. The summed E-state index contributed by atoms with van der Waals surface area (Å²) in [6.45, 7) is 8.91. The molecule has 1 heterocycles. The van der Waals surface area contributed by atoms with E-state index in [1.165, 1.54) is 0 Å². The number of benzene rings is 1. The average Bonchev–Trinajstić information content (AvgIpc) is 2.98. The normalized spacial score (nSPS) is 12.2. The topological polar surface area (TPSA) is 76.3 Å². The van der Waals surface area contributed by atoms with Crippen molar-refractivity contribution >= 4 is 12.0 Å². The first-order chi connectivity index (χ1) is 13.9. The molecule has 154 valence electrons. The molecule has 1 N–H and O–H groups in total. The molecular weight excluding hydrogens is 366 g/mol. The smallest absolute Gasteiger partial charge is 0.262 e. The maximum absolute atomic E-state index is 12.8. The molecular formula is C23H29N3O3. The highest BCUT2D eigenvalue weighted by Crippen LogP contribution is 2.29. The Kier molecular flexibility index (Phi) is 7.49. The van der Waals surface area contributed by atoms with Crippen molar-refractivity contribution in [1.82, 2.24) is 9.88 Å². The minimum absolute atomic E-state index is 0.0652. The van der Waals surface area contributed by atoms with Gasteiger partial charge in [-0.25, -0.2) is 0 Å². The van der Waals surface area contributed by atoms with Gasteiger partial charge in [0.25, 0.3) is 5.91 Å². The fourth-order valence-electron chi connectivity index (χ4n) is 3.38. The highest BCUT2D eigenvalue weighted by atomic mass is 16.5. The summed E-state index contributed by atoms with van der Waals surface area (Å²) in [4.78, 5) is 12.8. The molecule has 1 aromatic carbocycles. The van der Waals surface area contributed by atoms with Crippen LogP contribution in [0, 0.1) is 25.2 Å². The molecule has 0 saturated carbocycles. The van der Waals surface area contributed by atoms with Gasteiger partial charge in [-0.2, -0.15) is 5.26 Å². The molecule has 6 nitrogen and oxygen atoms in total. The first kappa shape index (κ1) is 22.1. The van der Waals surface area contributed by atoms with Crippen LogP contribution in [-0.4, -0.2) is 24.7 Å². The van der Waals surface area contributed by atoms with E-state index < -0.39 is 5.91 Å². The predicted molar refractivity (Wildman–Crippen MR) is 114 cm³/mol. The lowest BCUT2D eigenvalue weighted by Crippen LogP contribution is -2.28. The molecule has 29 heavy (non-hydrogen) atoms. The van der Waals surface area contributed by atoms with E-state index in [2.05, 4.69) is 16.8 Å². The van der Waals surface area contributed by atoms with Crippen molar-refractivity contribution in [3.63, 3.8) is 0 Å². The first-order valence-corrected chi connectivity index (χ1v) is 9.67. The third-order valence-electron chi connectivity index (χ3n) is 4.98. The van der Waals surface area contributed by atoms with Crippen LogP contribution in [0.5, 0.6) is 11.5 Å². The van der Waals surface area contributed by atoms with E-state index in [-0.39, 0.29) is 11.6 Å². The van der Waals surface area contributed by atoms with E-state index in [1.807, 2.05) is 39.0 Å². The number of rotatable bonds is 8. The zero-order valence-corrected chi connectivity index (χ0v) is 18.0. The minimum atomic E-state index is -0.426. The Bertz CT molecular complexity index is 951. The number of hydrogen-bond donors (Lipinski definition) is 1. The number of hydrogen-bond acceptors (Lipinski definition) is 4. The summed E-state index contributed by atoms with van der Waals surface area (Å²) >= 11 is 0. The van der Waals surface area contributed by atoms with Gasteiger partial charge in [0.2, 0.25) is 0 Å². The molecule has 1 atom stereocenters. The number of nitrogens with one attached hydrogen (secondary N) is 1. The molecule has 1 aromatic heterocycles. The SMILES string of the molecule is CCCn1c(C)cc(/C=C(\C#N)C(=O)NC(C)c2cc(OC)ccc2OC)c1C. The number of aromatic nitrogens is 1. The number of nitriles is 1. The number of ether oxygens (including phenoxy) is 2. The van der Waals surface area contributed by atoms with Crippen LogP contribution in [0.25, 0.3) is 6.08 Å². The van der Waals surface area contributed by atoms with Gasteiger partial charge < -0.3 is 19.4 Å². The second-order valence-electron chi connectivity index (χ2n) is 6.95. The van der Waals surface area contributed by atoms with Gasteiger partial charge in [0.1, 0.15) is 23.1 Å². The number of aryl methyl sites for hydroxylation is 1. The van der Waals surface area contributed by atoms with Crippen molar-refractivity contribution in [2.45, 2.75) is 46.7 Å². The van der Waals surface area contributed by atoms with Crippen LogP contribution in [0.3, 0.4) is 0 Å². The third kappa shape index (κ3) is 5.00. The van der Waals surface area contributed by atoms with Gasteiger partial charge in [0.15, 0.2) is 0 Å². The van der Waals surface area contributed by atoms with Crippen LogP contribution in [-0.2, 0) is 11.3 Å². The van der Waals surface area contributed by atoms with E-state index in [4.69, 9.17) is 9.47 Å². The van der Waals surface area contributed by atoms with Crippen LogP contribution in [0.2, 0.25) is 0 Å². The van der Waals surface area contributed by atoms with Crippen LogP contribution in [0.4, 0.5) is 0 Å². The molecule has 2 rings (SSSR count). The van der Waals surface area contributed by atoms with Gasteiger partial charge in [-0.1, -0.05) is 6.92 Å². The average molecular weight is 396 g/mol. The van der Waals surface area contributed by atoms with Gasteiger partial charge in [-0.05, 0) is 63.1 Å². The Hall–Kier alpha value is -3.20. The summed E-state index contributed by atoms with van der Waals surface area (Å²) in [5.41, 5.74) is 3.89. The molecule has 1 unspecified atom stereocenters. The van der Waals surface area contributed by atoms with Gasteiger partial charge in [-0.15, -0.1) is 0 Å². The zero-order chi connectivity index (χ0) is 21.6. The maximum Gasteiger partial charge on any atom is 0.262 e. The quantitative estimate of drug-likeness (QED) is 0.534. The molecule has 0 spiro atoms. The Balaban J connectivity index is 2.28. The Morgan fingerprint density at radius 1 is 1.28 bits per heavy atom. The monoisotopic (exact) mass is 395 g/mol. The Morgan fingerprint density at radius 2 is 2.00 bits per heavy atom. The highest BCUT2D eigenvalue weighted by molar-refractivity contribution is 6.02. The maximum atomic E-state index is 12.8. The van der Waals surface area contributed by atoms with Gasteiger partial charge in [0.05, 0.1) is 20.3 Å². The molecule has 1 amide bonds. The first-order valence-electron chi connectivity index (χ1n) is 9.67. The minimum Gasteiger partial charge on any atom is -0.497 e. The molecule has 0 radical (unpaired) electrons. The van der Waals surface area contributed by atoms with E-state index in [1.54, 1.807) is 32.4 Å². The summed E-state index contributed by atoms with van der Waals surface area (Å²) in [6.07, 6.45) is 2.67. The van der Waals surface area contributed by atoms with Crippen molar-refractivity contribution in [3.8, 4) is 17.6 Å². The summed E-state index contributed by atoms with van der Waals surface area (Å²) in [5.74, 6) is 0.885. The summed E-state index contributed by atoms with van der Waals surface area (Å²) in [5, 5.41) is 12.5. The largest absolute Gasteiger partial charge is 0.497 e. The summed E-state index contributed by atoms with van der Waals surface area (Å²) < 4.78 is 12.9. The lowest BCUT2D eigenvalue weighted by Gasteiger charge is -2.18. The highest BCUT2D eigenvalue weighted by Gasteiger charge is 2.18. The van der Waals surface area contributed by atoms with Gasteiger partial charge in [-0.3, -0.25) is 4.79 Å². The van der Waals surface area contributed by atoms with E-state index in [9.17, 15) is 10.1 Å². The molecule has 6 heteroatoms. The van der Waals surface area contributed by atoms with Crippen LogP contribution in [0.1, 0.15) is 48.8 Å². The molecule has 2 aromatic rings. The van der Waals surface area contributed by atoms with Crippen molar-refractivity contribution in [1.29, 1.82) is 5.26 Å². The number of carbonyl (C=O) groups excluding carboxylic acids is 1. The molecule has 0 bridgehead atoms. The van der Waals surface area contributed by atoms with Crippen molar-refractivity contribution < 1.29 is 14.3 Å². The fourth-order valence-corrected chi connectivity index (χ4v) is 3.38. The second-order valence-corrected chi connectivity index (χ2v) is 6.95. The van der Waals surface area contributed by atoms with Crippen molar-refractivity contribution in [3.05, 3.63) is 52.4 Å². The van der Waals surface area contributed by atoms with Crippen LogP contribution < -0.4 is 14.8 Å². The molecule has 0 aliphatic carbocycles. The van der Waals surface area contributed by atoms with Crippen LogP contribution in [0.15, 0.2) is 29.8 Å². The molecule has 0 fully saturated rings. The molecule has 0 saturated heterocycles. The van der Waals surface area contributed by atoms with E-state index in [0.29, 0.717) is 11.5 Å².